The van der Waals surface area contributed by atoms with Crippen molar-refractivity contribution in [1.82, 2.24) is 9.78 Å². The van der Waals surface area contributed by atoms with E-state index in [1.54, 1.807) is 19.1 Å². The van der Waals surface area contributed by atoms with Gasteiger partial charge in [0.15, 0.2) is 0 Å². The molecule has 29 heavy (non-hydrogen) atoms. The highest BCUT2D eigenvalue weighted by Crippen LogP contribution is 2.26. The van der Waals surface area contributed by atoms with E-state index in [4.69, 9.17) is 4.42 Å². The maximum Gasteiger partial charge on any atom is 0.347 e. The largest absolute Gasteiger partial charge is 0.422 e. The number of anilines is 1. The minimum Gasteiger partial charge on any atom is -0.422 e. The van der Waals surface area contributed by atoms with E-state index >= 15 is 0 Å². The molecule has 4 aromatic rings. The lowest BCUT2D eigenvalue weighted by molar-refractivity contribution is -0.385. The molecule has 2 heterocycles. The standard InChI is InChI=1S/C20H16N4O5/c1-11-6-7-17-13(8-11)19-14(20(26)29-17)9-21-23(19)10-18(25)22-15-4-3-5-16(12(15)2)24(27)28/h3-9H,10H2,1-2H3,(H,22,25). The molecule has 0 aliphatic rings. The van der Waals surface area contributed by atoms with E-state index in [9.17, 15) is 19.7 Å². The third-order valence-corrected chi connectivity index (χ3v) is 4.72. The van der Waals surface area contributed by atoms with Crippen LogP contribution in [0.15, 0.2) is 51.8 Å². The van der Waals surface area contributed by atoms with Crippen LogP contribution in [0.25, 0.3) is 21.9 Å². The molecule has 2 aromatic heterocycles. The molecule has 0 spiro atoms. The smallest absolute Gasteiger partial charge is 0.347 e. The van der Waals surface area contributed by atoms with E-state index < -0.39 is 16.5 Å². The summed E-state index contributed by atoms with van der Waals surface area (Å²) in [7, 11) is 0. The summed E-state index contributed by atoms with van der Waals surface area (Å²) in [6.45, 7) is 3.31. The summed E-state index contributed by atoms with van der Waals surface area (Å²) in [6.07, 6.45) is 1.37. The first-order valence-corrected chi connectivity index (χ1v) is 8.78. The van der Waals surface area contributed by atoms with E-state index in [2.05, 4.69) is 10.4 Å². The van der Waals surface area contributed by atoms with Crippen molar-refractivity contribution in [2.24, 2.45) is 0 Å². The zero-order valence-electron chi connectivity index (χ0n) is 15.6. The second-order valence-electron chi connectivity index (χ2n) is 6.71. The second kappa shape index (κ2) is 6.86. The second-order valence-corrected chi connectivity index (χ2v) is 6.71. The highest BCUT2D eigenvalue weighted by molar-refractivity contribution is 6.03. The van der Waals surface area contributed by atoms with Gasteiger partial charge >= 0.3 is 5.63 Å². The van der Waals surface area contributed by atoms with Crippen LogP contribution in [0.5, 0.6) is 0 Å². The number of hydrogen-bond donors (Lipinski definition) is 1. The SMILES string of the molecule is Cc1ccc2oc(=O)c3cnn(CC(=O)Nc4cccc([N+](=O)[O-])c4C)c3c2c1. The lowest BCUT2D eigenvalue weighted by Gasteiger charge is -2.10. The van der Waals surface area contributed by atoms with E-state index in [0.29, 0.717) is 27.7 Å². The summed E-state index contributed by atoms with van der Waals surface area (Å²) in [6, 6.07) is 9.87. The van der Waals surface area contributed by atoms with Crippen LogP contribution in [0.3, 0.4) is 0 Å². The number of nitro groups is 1. The van der Waals surface area contributed by atoms with Gasteiger partial charge in [-0.15, -0.1) is 0 Å². The number of amides is 1. The summed E-state index contributed by atoms with van der Waals surface area (Å²) in [4.78, 5) is 35.4. The number of benzene rings is 2. The van der Waals surface area contributed by atoms with Gasteiger partial charge in [0.25, 0.3) is 5.69 Å². The number of aryl methyl sites for hydroxylation is 1. The molecule has 9 nitrogen and oxygen atoms in total. The molecule has 0 aliphatic carbocycles. The van der Waals surface area contributed by atoms with Gasteiger partial charge in [-0.1, -0.05) is 17.7 Å². The molecule has 0 unspecified atom stereocenters. The molecule has 1 N–H and O–H groups in total. The number of carbonyl (C=O) groups excluding carboxylic acids is 1. The van der Waals surface area contributed by atoms with E-state index in [0.717, 1.165) is 5.56 Å². The van der Waals surface area contributed by atoms with Gasteiger partial charge in [-0.3, -0.25) is 19.6 Å². The molecular formula is C20H16N4O5. The predicted molar refractivity (Wildman–Crippen MR) is 107 cm³/mol. The molecule has 0 bridgehead atoms. The highest BCUT2D eigenvalue weighted by Gasteiger charge is 2.18. The van der Waals surface area contributed by atoms with Crippen LogP contribution in [0, 0.1) is 24.0 Å². The third kappa shape index (κ3) is 3.22. The molecule has 0 saturated heterocycles. The van der Waals surface area contributed by atoms with Crippen LogP contribution < -0.4 is 10.9 Å². The molecule has 0 radical (unpaired) electrons. The van der Waals surface area contributed by atoms with Crippen molar-refractivity contribution >= 4 is 39.2 Å². The van der Waals surface area contributed by atoms with Crippen molar-refractivity contribution in [3.05, 3.63) is 74.3 Å². The van der Waals surface area contributed by atoms with Crippen LogP contribution in [-0.2, 0) is 11.3 Å². The van der Waals surface area contributed by atoms with Crippen molar-refractivity contribution in [2.45, 2.75) is 20.4 Å². The Kier molecular flexibility index (Phi) is 4.34. The topological polar surface area (TPSA) is 120 Å². The monoisotopic (exact) mass is 392 g/mol. The summed E-state index contributed by atoms with van der Waals surface area (Å²) >= 11 is 0. The molecule has 0 aliphatic heterocycles. The van der Waals surface area contributed by atoms with Crippen molar-refractivity contribution in [2.75, 3.05) is 5.32 Å². The van der Waals surface area contributed by atoms with Crippen LogP contribution in [-0.4, -0.2) is 20.6 Å². The van der Waals surface area contributed by atoms with Crippen molar-refractivity contribution in [3.63, 3.8) is 0 Å². The molecule has 9 heteroatoms. The average molecular weight is 392 g/mol. The van der Waals surface area contributed by atoms with Crippen LogP contribution in [0.1, 0.15) is 11.1 Å². The van der Waals surface area contributed by atoms with Crippen LogP contribution in [0.4, 0.5) is 11.4 Å². The number of aromatic nitrogens is 2. The van der Waals surface area contributed by atoms with E-state index in [1.165, 1.54) is 23.0 Å². The fraction of sp³-hybridized carbons (Fsp3) is 0.150. The number of nitro benzene ring substituents is 1. The summed E-state index contributed by atoms with van der Waals surface area (Å²) < 4.78 is 6.75. The molecule has 1 amide bonds. The number of carbonyl (C=O) groups is 1. The number of nitrogens with one attached hydrogen (secondary N) is 1. The van der Waals surface area contributed by atoms with Gasteiger partial charge in [-0.25, -0.2) is 4.79 Å². The Morgan fingerprint density at radius 2 is 2.03 bits per heavy atom. The van der Waals surface area contributed by atoms with Crippen LogP contribution >= 0.6 is 0 Å². The first kappa shape index (κ1) is 18.4. The van der Waals surface area contributed by atoms with Crippen molar-refractivity contribution in [1.29, 1.82) is 0 Å². The third-order valence-electron chi connectivity index (χ3n) is 4.72. The zero-order valence-corrected chi connectivity index (χ0v) is 15.6. The first-order chi connectivity index (χ1) is 13.8. The number of rotatable bonds is 4. The fourth-order valence-electron chi connectivity index (χ4n) is 3.29. The maximum absolute atomic E-state index is 12.6. The maximum atomic E-state index is 12.6. The van der Waals surface area contributed by atoms with Gasteiger partial charge < -0.3 is 9.73 Å². The van der Waals surface area contributed by atoms with Gasteiger partial charge in [0.1, 0.15) is 17.5 Å². The first-order valence-electron chi connectivity index (χ1n) is 8.78. The quantitative estimate of drug-likeness (QED) is 0.323. The fourth-order valence-corrected chi connectivity index (χ4v) is 3.29. The zero-order chi connectivity index (χ0) is 20.7. The van der Waals surface area contributed by atoms with Gasteiger partial charge in [0.2, 0.25) is 5.91 Å². The molecule has 4 rings (SSSR count). The van der Waals surface area contributed by atoms with Crippen molar-refractivity contribution < 1.29 is 14.1 Å². The summed E-state index contributed by atoms with van der Waals surface area (Å²) in [5.74, 6) is -0.423. The highest BCUT2D eigenvalue weighted by atomic mass is 16.6. The molecule has 0 fully saturated rings. The van der Waals surface area contributed by atoms with Gasteiger partial charge in [0.05, 0.1) is 27.9 Å². The van der Waals surface area contributed by atoms with Crippen molar-refractivity contribution in [3.8, 4) is 0 Å². The Hall–Kier alpha value is -4.01. The minimum atomic E-state index is -0.530. The summed E-state index contributed by atoms with van der Waals surface area (Å²) in [5.41, 5.74) is 1.98. The Morgan fingerprint density at radius 3 is 2.79 bits per heavy atom. The van der Waals surface area contributed by atoms with Gasteiger partial charge in [-0.2, -0.15) is 5.10 Å². The summed E-state index contributed by atoms with van der Waals surface area (Å²) in [5, 5.41) is 18.9. The molecule has 0 atom stereocenters. The Bertz CT molecular complexity index is 1350. The van der Waals surface area contributed by atoms with Crippen LogP contribution in [0.2, 0.25) is 0 Å². The van der Waals surface area contributed by atoms with E-state index in [-0.39, 0.29) is 17.6 Å². The molecule has 146 valence electrons. The number of fused-ring (bicyclic) bond motifs is 3. The molecular weight excluding hydrogens is 376 g/mol. The minimum absolute atomic E-state index is 0.0774. The Morgan fingerprint density at radius 1 is 1.24 bits per heavy atom. The lowest BCUT2D eigenvalue weighted by Crippen LogP contribution is -2.20. The normalized spacial score (nSPS) is 11.1. The Labute approximate surface area is 163 Å². The predicted octanol–water partition coefficient (Wildman–Crippen LogP) is 3.31. The number of nitrogens with zero attached hydrogens (tertiary/aromatic N) is 3. The molecule has 0 saturated carbocycles. The van der Waals surface area contributed by atoms with Gasteiger partial charge in [0, 0.05) is 11.5 Å². The van der Waals surface area contributed by atoms with Gasteiger partial charge in [-0.05, 0) is 32.0 Å². The van der Waals surface area contributed by atoms with E-state index in [1.807, 2.05) is 19.1 Å². The lowest BCUT2D eigenvalue weighted by atomic mass is 10.1. The molecule has 2 aromatic carbocycles. The number of hydrogen-bond acceptors (Lipinski definition) is 6. The Balaban J connectivity index is 1.72. The average Bonchev–Trinajstić information content (AvgIpc) is 3.08.